The zero-order chi connectivity index (χ0) is 9.10. The van der Waals surface area contributed by atoms with Crippen molar-refractivity contribution in [1.29, 1.82) is 0 Å². The predicted molar refractivity (Wildman–Crippen MR) is 55.9 cm³/mol. The summed E-state index contributed by atoms with van der Waals surface area (Å²) in [6, 6.07) is 11.6. The lowest BCUT2D eigenvalue weighted by atomic mass is 9.94. The zero-order valence-electron chi connectivity index (χ0n) is 8.16. The summed E-state index contributed by atoms with van der Waals surface area (Å²) < 4.78 is 0. The molecule has 2 rings (SSSR count). The van der Waals surface area contributed by atoms with Gasteiger partial charge in [-0.1, -0.05) is 36.8 Å². The summed E-state index contributed by atoms with van der Waals surface area (Å²) in [5, 5.41) is 3.41. The lowest BCUT2D eigenvalue weighted by Crippen LogP contribution is -2.27. The molecule has 0 radical (unpaired) electrons. The minimum atomic E-state index is 0.697. The number of hydrogen-bond acceptors (Lipinski definition) is 1. The standard InChI is InChI=1S/C12H17N/c1-13-12-9-5-8-11(12)10-6-3-2-4-7-10/h2-4,6-7,11-13H,5,8-9H2,1H3/t11-,12-/m1/s1. The molecule has 0 spiro atoms. The molecule has 1 fully saturated rings. The molecule has 1 nitrogen and oxygen atoms in total. The number of likely N-dealkylation sites (N-methyl/N-ethyl adjacent to an activating group) is 1. The Labute approximate surface area is 80.2 Å². The highest BCUT2D eigenvalue weighted by atomic mass is 14.9. The third-order valence-corrected chi connectivity index (χ3v) is 3.11. The Morgan fingerprint density at radius 3 is 2.62 bits per heavy atom. The van der Waals surface area contributed by atoms with Gasteiger partial charge in [0.1, 0.15) is 0 Å². The van der Waals surface area contributed by atoms with E-state index in [1.807, 2.05) is 0 Å². The van der Waals surface area contributed by atoms with Gasteiger partial charge in [-0.2, -0.15) is 0 Å². The Morgan fingerprint density at radius 2 is 1.92 bits per heavy atom. The zero-order valence-corrected chi connectivity index (χ0v) is 8.16. The third kappa shape index (κ3) is 1.75. The summed E-state index contributed by atoms with van der Waals surface area (Å²) in [5.74, 6) is 0.742. The van der Waals surface area contributed by atoms with Gasteiger partial charge in [0.25, 0.3) is 0 Å². The highest BCUT2D eigenvalue weighted by Crippen LogP contribution is 2.33. The molecule has 1 aromatic carbocycles. The smallest absolute Gasteiger partial charge is 0.0133 e. The maximum atomic E-state index is 3.41. The molecular formula is C12H17N. The van der Waals surface area contributed by atoms with Crippen LogP contribution in [0.5, 0.6) is 0 Å². The Kier molecular flexibility index (Phi) is 2.65. The van der Waals surface area contributed by atoms with Gasteiger partial charge in [0.2, 0.25) is 0 Å². The first-order valence-corrected chi connectivity index (χ1v) is 5.14. The fraction of sp³-hybridized carbons (Fsp3) is 0.500. The molecule has 0 amide bonds. The Balaban J connectivity index is 2.16. The minimum Gasteiger partial charge on any atom is -0.316 e. The van der Waals surface area contributed by atoms with Crippen LogP contribution in [0.25, 0.3) is 0 Å². The van der Waals surface area contributed by atoms with Crippen molar-refractivity contribution in [3.8, 4) is 0 Å². The number of benzene rings is 1. The summed E-state index contributed by atoms with van der Waals surface area (Å²) in [6.45, 7) is 0. The van der Waals surface area contributed by atoms with Crippen molar-refractivity contribution in [1.82, 2.24) is 5.32 Å². The monoisotopic (exact) mass is 175 g/mol. The van der Waals surface area contributed by atoms with Crippen molar-refractivity contribution < 1.29 is 0 Å². The number of hydrogen-bond donors (Lipinski definition) is 1. The highest BCUT2D eigenvalue weighted by Gasteiger charge is 2.26. The van der Waals surface area contributed by atoms with Crippen molar-refractivity contribution in [3.05, 3.63) is 35.9 Å². The SMILES string of the molecule is CN[C@@H]1CCC[C@@H]1c1ccccc1. The van der Waals surface area contributed by atoms with Gasteiger partial charge in [-0.3, -0.25) is 0 Å². The van der Waals surface area contributed by atoms with Crippen LogP contribution in [-0.2, 0) is 0 Å². The van der Waals surface area contributed by atoms with Crippen molar-refractivity contribution in [3.63, 3.8) is 0 Å². The van der Waals surface area contributed by atoms with Crippen molar-refractivity contribution in [2.45, 2.75) is 31.2 Å². The molecule has 1 heteroatoms. The van der Waals surface area contributed by atoms with Crippen LogP contribution < -0.4 is 5.32 Å². The van der Waals surface area contributed by atoms with Crippen LogP contribution in [-0.4, -0.2) is 13.1 Å². The summed E-state index contributed by atoms with van der Waals surface area (Å²) in [6.07, 6.45) is 4.04. The lowest BCUT2D eigenvalue weighted by Gasteiger charge is -2.18. The highest BCUT2D eigenvalue weighted by molar-refractivity contribution is 5.22. The maximum Gasteiger partial charge on any atom is 0.0133 e. The number of rotatable bonds is 2. The van der Waals surface area contributed by atoms with Gasteiger partial charge >= 0.3 is 0 Å². The van der Waals surface area contributed by atoms with E-state index >= 15 is 0 Å². The first-order chi connectivity index (χ1) is 6.42. The van der Waals surface area contributed by atoms with E-state index in [0.717, 1.165) is 5.92 Å². The van der Waals surface area contributed by atoms with Crippen LogP contribution in [0.3, 0.4) is 0 Å². The molecule has 1 aliphatic carbocycles. The van der Waals surface area contributed by atoms with Crippen LogP contribution in [0, 0.1) is 0 Å². The van der Waals surface area contributed by atoms with E-state index in [4.69, 9.17) is 0 Å². The van der Waals surface area contributed by atoms with E-state index in [2.05, 4.69) is 42.7 Å². The molecule has 1 saturated carbocycles. The molecule has 13 heavy (non-hydrogen) atoms. The van der Waals surface area contributed by atoms with E-state index in [9.17, 15) is 0 Å². The molecule has 0 unspecified atom stereocenters. The van der Waals surface area contributed by atoms with Crippen molar-refractivity contribution in [2.75, 3.05) is 7.05 Å². The molecule has 70 valence electrons. The second-order valence-electron chi connectivity index (χ2n) is 3.84. The second kappa shape index (κ2) is 3.93. The average molecular weight is 175 g/mol. The fourth-order valence-corrected chi connectivity index (χ4v) is 2.40. The molecule has 1 N–H and O–H groups in total. The first kappa shape index (κ1) is 8.76. The average Bonchev–Trinajstić information content (AvgIpc) is 2.67. The normalized spacial score (nSPS) is 27.8. The summed E-state index contributed by atoms with van der Waals surface area (Å²) in [4.78, 5) is 0. The van der Waals surface area contributed by atoms with Gasteiger partial charge in [-0.25, -0.2) is 0 Å². The summed E-state index contributed by atoms with van der Waals surface area (Å²) in [7, 11) is 2.08. The van der Waals surface area contributed by atoms with Crippen LogP contribution >= 0.6 is 0 Å². The third-order valence-electron chi connectivity index (χ3n) is 3.11. The van der Waals surface area contributed by atoms with E-state index in [0.29, 0.717) is 6.04 Å². The quantitative estimate of drug-likeness (QED) is 0.728. The molecule has 1 aliphatic rings. The van der Waals surface area contributed by atoms with Crippen LogP contribution in [0.15, 0.2) is 30.3 Å². The van der Waals surface area contributed by atoms with Gasteiger partial charge < -0.3 is 5.32 Å². The van der Waals surface area contributed by atoms with Gasteiger partial charge in [0.15, 0.2) is 0 Å². The summed E-state index contributed by atoms with van der Waals surface area (Å²) in [5.41, 5.74) is 1.50. The van der Waals surface area contributed by atoms with E-state index in [-0.39, 0.29) is 0 Å². The molecule has 0 aromatic heterocycles. The van der Waals surface area contributed by atoms with Crippen molar-refractivity contribution in [2.24, 2.45) is 0 Å². The van der Waals surface area contributed by atoms with Crippen LogP contribution in [0.4, 0.5) is 0 Å². The number of nitrogens with one attached hydrogen (secondary N) is 1. The van der Waals surface area contributed by atoms with Crippen molar-refractivity contribution >= 4 is 0 Å². The van der Waals surface area contributed by atoms with Crippen LogP contribution in [0.2, 0.25) is 0 Å². The topological polar surface area (TPSA) is 12.0 Å². The minimum absolute atomic E-state index is 0.697. The Bertz CT molecular complexity index is 255. The van der Waals surface area contributed by atoms with Crippen LogP contribution in [0.1, 0.15) is 30.7 Å². The van der Waals surface area contributed by atoms with Gasteiger partial charge in [0.05, 0.1) is 0 Å². The summed E-state index contributed by atoms with van der Waals surface area (Å²) >= 11 is 0. The van der Waals surface area contributed by atoms with E-state index in [1.165, 1.54) is 24.8 Å². The Morgan fingerprint density at radius 1 is 1.15 bits per heavy atom. The Hall–Kier alpha value is -0.820. The van der Waals surface area contributed by atoms with E-state index in [1.54, 1.807) is 0 Å². The predicted octanol–water partition coefficient (Wildman–Crippen LogP) is 2.54. The molecule has 0 aliphatic heterocycles. The first-order valence-electron chi connectivity index (χ1n) is 5.14. The molecular weight excluding hydrogens is 158 g/mol. The fourth-order valence-electron chi connectivity index (χ4n) is 2.40. The largest absolute Gasteiger partial charge is 0.316 e. The van der Waals surface area contributed by atoms with E-state index < -0.39 is 0 Å². The molecule has 0 saturated heterocycles. The van der Waals surface area contributed by atoms with Gasteiger partial charge in [-0.05, 0) is 31.4 Å². The molecule has 2 atom stereocenters. The maximum absolute atomic E-state index is 3.41. The van der Waals surface area contributed by atoms with Gasteiger partial charge in [-0.15, -0.1) is 0 Å². The lowest BCUT2D eigenvalue weighted by molar-refractivity contribution is 0.522. The molecule has 0 heterocycles. The molecule has 0 bridgehead atoms. The van der Waals surface area contributed by atoms with Gasteiger partial charge in [0, 0.05) is 6.04 Å². The molecule has 1 aromatic rings. The second-order valence-corrected chi connectivity index (χ2v) is 3.84.